The van der Waals surface area contributed by atoms with Gasteiger partial charge < -0.3 is 10.7 Å². The number of nitrogens with two attached hydrogens (primary N) is 1. The number of aromatic amines is 1. The van der Waals surface area contributed by atoms with E-state index in [1.54, 1.807) is 6.07 Å². The summed E-state index contributed by atoms with van der Waals surface area (Å²) in [5.41, 5.74) is 7.86. The highest BCUT2D eigenvalue weighted by molar-refractivity contribution is 5.86. The zero-order valence-electron chi connectivity index (χ0n) is 9.21. The molecule has 1 aliphatic carbocycles. The summed E-state index contributed by atoms with van der Waals surface area (Å²) >= 11 is 0. The number of nitrogens with one attached hydrogen (secondary N) is 1. The number of hydrogen-bond donors (Lipinski definition) is 2. The predicted molar refractivity (Wildman–Crippen MR) is 62.0 cm³/mol. The summed E-state index contributed by atoms with van der Waals surface area (Å²) in [5, 5.41) is 0. The number of para-hydroxylation sites is 1. The van der Waals surface area contributed by atoms with E-state index in [9.17, 15) is 8.78 Å². The Labute approximate surface area is 97.0 Å². The molecular formula is C12H13F2N3. The van der Waals surface area contributed by atoms with Crippen molar-refractivity contribution in [1.29, 1.82) is 0 Å². The van der Waals surface area contributed by atoms with Gasteiger partial charge in [-0.15, -0.1) is 0 Å². The standard InChI is InChI=1S/C12H13F2N3/c13-12(14)5-4-7(6-12)11-16-9-3-1-2-8(15)10(9)17-11/h1-3,7H,4-6,15H2,(H,16,17). The monoisotopic (exact) mass is 237 g/mol. The molecule has 0 radical (unpaired) electrons. The van der Waals surface area contributed by atoms with Crippen molar-refractivity contribution in [2.75, 3.05) is 5.73 Å². The fourth-order valence-electron chi connectivity index (χ4n) is 2.45. The van der Waals surface area contributed by atoms with Crippen molar-refractivity contribution >= 4 is 16.7 Å². The van der Waals surface area contributed by atoms with Gasteiger partial charge in [-0.05, 0) is 18.6 Å². The Morgan fingerprint density at radius 1 is 1.41 bits per heavy atom. The second-order valence-corrected chi connectivity index (χ2v) is 4.66. The Bertz CT molecular complexity index is 562. The van der Waals surface area contributed by atoms with Crippen LogP contribution in [0.3, 0.4) is 0 Å². The summed E-state index contributed by atoms with van der Waals surface area (Å²) < 4.78 is 26.3. The molecule has 1 atom stereocenters. The Morgan fingerprint density at radius 2 is 2.24 bits per heavy atom. The number of halogens is 2. The zero-order chi connectivity index (χ0) is 12.0. The highest BCUT2D eigenvalue weighted by atomic mass is 19.3. The van der Waals surface area contributed by atoms with E-state index in [2.05, 4.69) is 9.97 Å². The van der Waals surface area contributed by atoms with E-state index in [0.29, 0.717) is 23.4 Å². The molecule has 90 valence electrons. The lowest BCUT2D eigenvalue weighted by Crippen LogP contribution is -2.09. The Balaban J connectivity index is 1.99. The minimum Gasteiger partial charge on any atom is -0.397 e. The number of hydrogen-bond acceptors (Lipinski definition) is 2. The van der Waals surface area contributed by atoms with E-state index >= 15 is 0 Å². The van der Waals surface area contributed by atoms with E-state index < -0.39 is 5.92 Å². The van der Waals surface area contributed by atoms with E-state index in [1.165, 1.54) is 0 Å². The highest BCUT2D eigenvalue weighted by Crippen LogP contribution is 2.43. The van der Waals surface area contributed by atoms with Gasteiger partial charge in [0.25, 0.3) is 0 Å². The first-order valence-corrected chi connectivity index (χ1v) is 5.67. The van der Waals surface area contributed by atoms with Crippen LogP contribution in [0.25, 0.3) is 11.0 Å². The second kappa shape index (κ2) is 3.42. The molecule has 1 saturated carbocycles. The molecule has 1 aromatic heterocycles. The minimum atomic E-state index is -2.55. The number of alkyl halides is 2. The lowest BCUT2D eigenvalue weighted by atomic mass is 10.1. The van der Waals surface area contributed by atoms with Gasteiger partial charge in [0.2, 0.25) is 5.92 Å². The van der Waals surface area contributed by atoms with Gasteiger partial charge in [0, 0.05) is 18.8 Å². The molecule has 3 nitrogen and oxygen atoms in total. The summed E-state index contributed by atoms with van der Waals surface area (Å²) in [6, 6.07) is 5.44. The topological polar surface area (TPSA) is 54.7 Å². The normalized spacial score (nSPS) is 23.3. The van der Waals surface area contributed by atoms with Gasteiger partial charge in [-0.3, -0.25) is 0 Å². The summed E-state index contributed by atoms with van der Waals surface area (Å²) in [7, 11) is 0. The molecule has 1 aromatic carbocycles. The van der Waals surface area contributed by atoms with Crippen molar-refractivity contribution in [3.05, 3.63) is 24.0 Å². The molecule has 17 heavy (non-hydrogen) atoms. The molecule has 5 heteroatoms. The van der Waals surface area contributed by atoms with Crippen LogP contribution in [0.1, 0.15) is 31.0 Å². The van der Waals surface area contributed by atoms with Crippen LogP contribution >= 0.6 is 0 Å². The molecule has 0 bridgehead atoms. The molecule has 2 aromatic rings. The maximum Gasteiger partial charge on any atom is 0.248 e. The number of fused-ring (bicyclic) bond motifs is 1. The molecule has 0 aliphatic heterocycles. The van der Waals surface area contributed by atoms with Crippen LogP contribution in [0.2, 0.25) is 0 Å². The third-order valence-corrected chi connectivity index (χ3v) is 3.35. The van der Waals surface area contributed by atoms with Gasteiger partial charge >= 0.3 is 0 Å². The largest absolute Gasteiger partial charge is 0.397 e. The van der Waals surface area contributed by atoms with Gasteiger partial charge in [0.15, 0.2) is 0 Å². The fraction of sp³-hybridized carbons (Fsp3) is 0.417. The number of benzene rings is 1. The molecule has 1 unspecified atom stereocenters. The SMILES string of the molecule is Nc1cccc2[nH]c(C3CCC(F)(F)C3)nc12. The summed E-state index contributed by atoms with van der Waals surface area (Å²) in [5.74, 6) is -2.10. The molecule has 3 rings (SSSR count). The van der Waals surface area contributed by atoms with E-state index in [-0.39, 0.29) is 18.8 Å². The molecule has 3 N–H and O–H groups in total. The Hall–Kier alpha value is -1.65. The van der Waals surface area contributed by atoms with E-state index in [4.69, 9.17) is 5.73 Å². The summed E-state index contributed by atoms with van der Waals surface area (Å²) in [4.78, 5) is 7.44. The van der Waals surface area contributed by atoms with Crippen LogP contribution in [-0.2, 0) is 0 Å². The Kier molecular flexibility index (Phi) is 2.11. The molecule has 0 amide bonds. The van der Waals surface area contributed by atoms with Gasteiger partial charge in [-0.1, -0.05) is 6.07 Å². The van der Waals surface area contributed by atoms with Crippen molar-refractivity contribution in [2.45, 2.75) is 31.1 Å². The van der Waals surface area contributed by atoms with Crippen molar-refractivity contribution < 1.29 is 8.78 Å². The predicted octanol–water partition coefficient (Wildman–Crippen LogP) is 3.05. The average molecular weight is 237 g/mol. The quantitative estimate of drug-likeness (QED) is 0.749. The molecule has 1 fully saturated rings. The molecular weight excluding hydrogens is 224 g/mol. The van der Waals surface area contributed by atoms with Crippen molar-refractivity contribution in [1.82, 2.24) is 9.97 Å². The zero-order valence-corrected chi connectivity index (χ0v) is 9.21. The maximum absolute atomic E-state index is 13.1. The van der Waals surface area contributed by atoms with Crippen LogP contribution in [-0.4, -0.2) is 15.9 Å². The molecule has 0 spiro atoms. The number of nitrogen functional groups attached to an aromatic ring is 1. The first-order chi connectivity index (χ1) is 8.05. The maximum atomic E-state index is 13.1. The third-order valence-electron chi connectivity index (χ3n) is 3.35. The van der Waals surface area contributed by atoms with Gasteiger partial charge in [0.05, 0.1) is 11.2 Å². The summed E-state index contributed by atoms with van der Waals surface area (Å²) in [6.07, 6.45) is 0.309. The van der Waals surface area contributed by atoms with E-state index in [0.717, 1.165) is 5.52 Å². The Morgan fingerprint density at radius 3 is 2.88 bits per heavy atom. The van der Waals surface area contributed by atoms with Crippen molar-refractivity contribution in [3.8, 4) is 0 Å². The van der Waals surface area contributed by atoms with Gasteiger partial charge in [-0.25, -0.2) is 13.8 Å². The molecule has 0 saturated heterocycles. The van der Waals surface area contributed by atoms with Crippen LogP contribution in [0.15, 0.2) is 18.2 Å². The van der Waals surface area contributed by atoms with Crippen LogP contribution in [0, 0.1) is 0 Å². The lowest BCUT2D eigenvalue weighted by molar-refractivity contribution is 0.00756. The number of aromatic nitrogens is 2. The van der Waals surface area contributed by atoms with Gasteiger partial charge in [0.1, 0.15) is 11.3 Å². The first-order valence-electron chi connectivity index (χ1n) is 5.67. The van der Waals surface area contributed by atoms with E-state index in [1.807, 2.05) is 12.1 Å². The highest BCUT2D eigenvalue weighted by Gasteiger charge is 2.41. The minimum absolute atomic E-state index is 0.0514. The fourth-order valence-corrected chi connectivity index (χ4v) is 2.45. The van der Waals surface area contributed by atoms with Crippen molar-refractivity contribution in [2.24, 2.45) is 0 Å². The second-order valence-electron chi connectivity index (χ2n) is 4.66. The van der Waals surface area contributed by atoms with Crippen molar-refractivity contribution in [3.63, 3.8) is 0 Å². The number of H-pyrrole nitrogens is 1. The summed E-state index contributed by atoms with van der Waals surface area (Å²) in [6.45, 7) is 0. The number of nitrogens with zero attached hydrogens (tertiary/aromatic N) is 1. The smallest absolute Gasteiger partial charge is 0.248 e. The first kappa shape index (κ1) is 10.5. The number of anilines is 1. The van der Waals surface area contributed by atoms with Crippen LogP contribution in [0.4, 0.5) is 14.5 Å². The molecule has 1 aliphatic rings. The third kappa shape index (κ3) is 1.75. The van der Waals surface area contributed by atoms with Crippen LogP contribution in [0.5, 0.6) is 0 Å². The number of imidazole rings is 1. The van der Waals surface area contributed by atoms with Gasteiger partial charge in [-0.2, -0.15) is 0 Å². The molecule has 1 heterocycles. The lowest BCUT2D eigenvalue weighted by Gasteiger charge is -2.07. The van der Waals surface area contributed by atoms with Crippen LogP contribution < -0.4 is 5.73 Å². The average Bonchev–Trinajstić information content (AvgIpc) is 2.82. The number of rotatable bonds is 1.